The van der Waals surface area contributed by atoms with Crippen LogP contribution < -0.4 is 0 Å². The van der Waals surface area contributed by atoms with E-state index in [1.54, 1.807) is 0 Å². The number of para-hydroxylation sites is 9. The first-order chi connectivity index (χ1) is 73.6. The van der Waals surface area contributed by atoms with Gasteiger partial charge in [-0.25, -0.2) is 43.6 Å². The van der Waals surface area contributed by atoms with E-state index in [4.69, 9.17) is 64.2 Å². The smallest absolute Gasteiger partial charge is 0.241 e. The Morgan fingerprint density at radius 2 is 0.477 bits per heavy atom. The molecule has 11 heterocycles. The molecule has 19 aromatic carbocycles. The summed E-state index contributed by atoms with van der Waals surface area (Å²) in [6.07, 6.45) is 0. The monoisotopic (exact) mass is 1910 g/mol. The van der Waals surface area contributed by atoms with Crippen molar-refractivity contribution >= 4 is 127 Å². The van der Waals surface area contributed by atoms with Crippen molar-refractivity contribution in [2.75, 3.05) is 0 Å². The van der Waals surface area contributed by atoms with Crippen LogP contribution in [0, 0.1) is 0 Å². The highest BCUT2D eigenvalue weighted by Crippen LogP contribution is 2.51. The summed E-state index contributed by atoms with van der Waals surface area (Å²) in [5, 5.41) is 4.64. The van der Waals surface area contributed by atoms with E-state index in [-0.39, 0.29) is 5.41 Å². The minimum atomic E-state index is -0.0325. The first-order valence-corrected chi connectivity index (χ1v) is 49.7. The summed E-state index contributed by atoms with van der Waals surface area (Å²) in [5.74, 6) is 7.39. The maximum atomic E-state index is 6.11. The van der Waals surface area contributed by atoms with E-state index in [9.17, 15) is 0 Å². The third-order valence-electron chi connectivity index (χ3n) is 28.9. The quantitative estimate of drug-likeness (QED) is 0.106. The van der Waals surface area contributed by atoms with Crippen LogP contribution in [0.2, 0.25) is 0 Å². The van der Waals surface area contributed by atoms with Gasteiger partial charge in [-0.3, -0.25) is 13.2 Å². The number of rotatable bonds is 13. The molecule has 31 rings (SSSR count). The Labute approximate surface area is 851 Å². The Bertz CT molecular complexity index is 10400. The lowest BCUT2D eigenvalue weighted by atomic mass is 9.82. The van der Waals surface area contributed by atoms with E-state index in [0.29, 0.717) is 52.8 Å². The average molecular weight is 1920 g/mol. The molecule has 149 heavy (non-hydrogen) atoms. The van der Waals surface area contributed by atoms with Gasteiger partial charge in [-0.15, -0.1) is 0 Å². The van der Waals surface area contributed by atoms with Crippen molar-refractivity contribution < 1.29 is 4.42 Å². The number of fused-ring (bicyclic) bond motifs is 24. The van der Waals surface area contributed by atoms with Crippen molar-refractivity contribution in [1.29, 1.82) is 0 Å². The van der Waals surface area contributed by atoms with Gasteiger partial charge in [0.05, 0.1) is 77.2 Å². The third kappa shape index (κ3) is 14.3. The molecule has 0 radical (unpaired) electrons. The summed E-state index contributed by atoms with van der Waals surface area (Å²) in [5.41, 5.74) is 34.6. The molecule has 0 saturated heterocycles. The van der Waals surface area contributed by atoms with Crippen LogP contribution in [0.15, 0.2) is 472 Å². The summed E-state index contributed by atoms with van der Waals surface area (Å²) in [6.45, 7) is 4.64. The predicted octanol–water partition coefficient (Wildman–Crippen LogP) is 30.2. The minimum absolute atomic E-state index is 0.0325. The maximum Gasteiger partial charge on any atom is 0.241 e. The molecule has 0 atom stereocenters. The lowest BCUT2D eigenvalue weighted by Crippen LogP contribution is -2.14. The van der Waals surface area contributed by atoms with Crippen molar-refractivity contribution in [2.24, 2.45) is 0 Å². The molecule has 1 aliphatic rings. The normalized spacial score (nSPS) is 12.3. The molecule has 0 N–H and O–H groups in total. The van der Waals surface area contributed by atoms with Gasteiger partial charge in [0.1, 0.15) is 11.2 Å². The molecule has 0 amide bonds. The topological polar surface area (TPSA) is 201 Å². The molecular weight excluding hydrogens is 1830 g/mol. The molecule has 0 unspecified atom stereocenters. The summed E-state index contributed by atoms with van der Waals surface area (Å²) in [4.78, 5) is 60.7. The molecule has 11 aromatic heterocycles. The summed E-state index contributed by atoms with van der Waals surface area (Å²) in [6, 6.07) is 161. The van der Waals surface area contributed by atoms with Gasteiger partial charge in [0, 0.05) is 66.0 Å². The van der Waals surface area contributed by atoms with Crippen LogP contribution in [-0.4, -0.2) is 91.3 Å². The molecule has 1 aliphatic carbocycles. The van der Waals surface area contributed by atoms with Crippen molar-refractivity contribution in [2.45, 2.75) is 19.3 Å². The van der Waals surface area contributed by atoms with Gasteiger partial charge in [0.15, 0.2) is 34.9 Å². The number of nitrogens with zero attached hydrogens (tertiary/aromatic N) is 19. The first kappa shape index (κ1) is 85.4. The Balaban J connectivity index is 0.000000105. The minimum Gasteiger partial charge on any atom is -0.456 e. The molecule has 0 saturated carbocycles. The van der Waals surface area contributed by atoms with E-state index in [2.05, 4.69) is 277 Å². The molecule has 0 bridgehead atoms. The fraction of sp³-hybridized carbons (Fsp3) is 0.0233. The van der Waals surface area contributed by atoms with Crippen molar-refractivity contribution in [3.63, 3.8) is 0 Å². The standard InChI is InChI=1S/C46H29N7.C43H30N6.C40H24N6O/c1-4-14-30(15-5-1)43-48-44(31-16-6-2-7-17-31)50-45(49-43)53-41-27-25-33(29-42(41)52-40-23-13-11-21-37(40)47-46(52)53)32-24-26-39-36(28-32)35-20-10-12-22-38(35)51(39)34-18-8-3-9-19-34;1-43(2)33-18-10-9-17-31(33)32-25-29(21-23-34(32)43)30-22-24-37-38(26-30)48-36-20-12-11-19-35(36)44-42(48)49(37)41-46-39(27-13-5-3-6-14-27)45-40(47-41)28-15-7-4-8-16-28;1-3-11-25(12-4-1)37-42-38(26-13-5-2-6-14-26)44-39(43-37)46-33-21-19-28(24-34(33)45-32-17-9-8-16-31(32)41-40(45)46)27-20-22-36-30(23-27)29-15-7-10-18-35(29)47-36/h1-29H;3-26H,1-2H3;1-24H. The van der Waals surface area contributed by atoms with E-state index in [1.165, 1.54) is 49.6 Å². The van der Waals surface area contributed by atoms with Crippen LogP contribution in [0.25, 0.3) is 264 Å². The molecular formula is C129H83N19O. The number of benzene rings is 19. The highest BCUT2D eigenvalue weighted by Gasteiger charge is 2.36. The zero-order valence-corrected chi connectivity index (χ0v) is 80.4. The van der Waals surface area contributed by atoms with Crippen LogP contribution in [0.3, 0.4) is 0 Å². The van der Waals surface area contributed by atoms with Crippen LogP contribution in [0.4, 0.5) is 0 Å². The van der Waals surface area contributed by atoms with Crippen LogP contribution in [-0.2, 0) is 5.41 Å². The lowest BCUT2D eigenvalue weighted by molar-refractivity contribution is 0.660. The zero-order chi connectivity index (χ0) is 98.5. The van der Waals surface area contributed by atoms with Gasteiger partial charge in [-0.05, 0) is 183 Å². The Morgan fingerprint density at radius 3 is 0.893 bits per heavy atom. The lowest BCUT2D eigenvalue weighted by Gasteiger charge is -2.21. The summed E-state index contributed by atoms with van der Waals surface area (Å²) >= 11 is 0. The number of imidazole rings is 6. The van der Waals surface area contributed by atoms with Gasteiger partial charge in [-0.2, -0.15) is 29.9 Å². The third-order valence-corrected chi connectivity index (χ3v) is 28.9. The number of furan rings is 1. The second kappa shape index (κ2) is 34.5. The number of aromatic nitrogens is 19. The van der Waals surface area contributed by atoms with Crippen LogP contribution in [0.5, 0.6) is 0 Å². The second-order valence-electron chi connectivity index (χ2n) is 38.0. The maximum absolute atomic E-state index is 6.11. The zero-order valence-electron chi connectivity index (χ0n) is 80.4. The van der Waals surface area contributed by atoms with Crippen molar-refractivity contribution in [1.82, 2.24) is 91.3 Å². The van der Waals surface area contributed by atoms with Crippen LogP contribution in [0.1, 0.15) is 25.0 Å². The van der Waals surface area contributed by atoms with E-state index < -0.39 is 0 Å². The van der Waals surface area contributed by atoms with E-state index in [0.717, 1.165) is 172 Å². The Kier molecular flexibility index (Phi) is 19.8. The summed E-state index contributed by atoms with van der Waals surface area (Å²) in [7, 11) is 0. The van der Waals surface area contributed by atoms with Gasteiger partial charge in [-0.1, -0.05) is 354 Å². The number of hydrogen-bond donors (Lipinski definition) is 0. The first-order valence-electron chi connectivity index (χ1n) is 49.7. The second-order valence-corrected chi connectivity index (χ2v) is 38.0. The van der Waals surface area contributed by atoms with E-state index in [1.807, 2.05) is 235 Å². The van der Waals surface area contributed by atoms with Crippen molar-refractivity contribution in [3.8, 4) is 136 Å². The van der Waals surface area contributed by atoms with Gasteiger partial charge in [0.2, 0.25) is 35.2 Å². The highest BCUT2D eigenvalue weighted by molar-refractivity contribution is 6.12. The molecule has 0 aliphatic heterocycles. The SMILES string of the molecule is CC1(C)c2ccccc2-c2cc(-c3ccc4c(c3)n3c5ccccc5nc3n4-c3nc(-c4ccccc4)nc(-c4ccccc4)n3)ccc21.c1ccc(-c2nc(-c3ccccc3)nc(-n3c4ccc(-c5ccc6c(c5)c5ccccc5n6-c5ccccc5)cc4n4c5ccccc5nc34)n2)cc1.c1ccc(-c2nc(-c3ccccc3)nc(-n3c4ccc(-c5ccc6oc7ccccc7c6c5)cc4n4c5ccccc5nc34)n2)cc1. The largest absolute Gasteiger partial charge is 0.456 e. The molecule has 700 valence electrons. The highest BCUT2D eigenvalue weighted by atomic mass is 16.3. The Hall–Kier alpha value is -20.4. The molecule has 0 spiro atoms. The van der Waals surface area contributed by atoms with Gasteiger partial charge >= 0.3 is 0 Å². The predicted molar refractivity (Wildman–Crippen MR) is 597 cm³/mol. The van der Waals surface area contributed by atoms with Crippen LogP contribution >= 0.6 is 0 Å². The molecule has 20 nitrogen and oxygen atoms in total. The Morgan fingerprint density at radius 1 is 0.181 bits per heavy atom. The molecule has 0 fully saturated rings. The molecule has 20 heteroatoms. The van der Waals surface area contributed by atoms with Crippen molar-refractivity contribution in [3.05, 3.63) is 478 Å². The van der Waals surface area contributed by atoms with E-state index >= 15 is 0 Å². The van der Waals surface area contributed by atoms with Gasteiger partial charge < -0.3 is 8.98 Å². The average Bonchev–Trinajstić information content (AvgIpc) is 1.56. The summed E-state index contributed by atoms with van der Waals surface area (Å²) < 4.78 is 21.3. The number of hydrogen-bond acceptors (Lipinski definition) is 13. The fourth-order valence-corrected chi connectivity index (χ4v) is 21.8. The molecule has 30 aromatic rings. The van der Waals surface area contributed by atoms with Gasteiger partial charge in [0.25, 0.3) is 0 Å². The fourth-order valence-electron chi connectivity index (χ4n) is 21.8.